The summed E-state index contributed by atoms with van der Waals surface area (Å²) < 4.78 is 32.3. The number of halogens is 1. The molecule has 0 spiro atoms. The first-order valence-electron chi connectivity index (χ1n) is 9.46. The van der Waals surface area contributed by atoms with E-state index in [0.717, 1.165) is 0 Å². The van der Waals surface area contributed by atoms with Crippen LogP contribution in [0.5, 0.6) is 0 Å². The Morgan fingerprint density at radius 1 is 0.903 bits per heavy atom. The molecule has 0 saturated carbocycles. The molecule has 8 heteroatoms. The van der Waals surface area contributed by atoms with Crippen molar-refractivity contribution in [1.82, 2.24) is 0 Å². The van der Waals surface area contributed by atoms with E-state index in [4.69, 9.17) is 16.3 Å². The zero-order valence-electron chi connectivity index (χ0n) is 16.7. The molecule has 0 aromatic heterocycles. The van der Waals surface area contributed by atoms with Crippen LogP contribution in [0.3, 0.4) is 0 Å². The lowest BCUT2D eigenvalue weighted by molar-refractivity contribution is 0.0474. The predicted octanol–water partition coefficient (Wildman–Crippen LogP) is 4.59. The van der Waals surface area contributed by atoms with Crippen molar-refractivity contribution in [2.45, 2.75) is 11.8 Å². The van der Waals surface area contributed by atoms with Crippen LogP contribution in [-0.2, 0) is 14.8 Å². The van der Waals surface area contributed by atoms with Crippen molar-refractivity contribution in [3.63, 3.8) is 0 Å². The molecule has 31 heavy (non-hydrogen) atoms. The largest absolute Gasteiger partial charge is 0.454 e. The second kappa shape index (κ2) is 9.76. The van der Waals surface area contributed by atoms with Crippen LogP contribution >= 0.6 is 11.6 Å². The molecule has 0 radical (unpaired) electrons. The van der Waals surface area contributed by atoms with Crippen molar-refractivity contribution in [1.29, 1.82) is 0 Å². The molecule has 0 saturated heterocycles. The highest BCUT2D eigenvalue weighted by Gasteiger charge is 2.24. The summed E-state index contributed by atoms with van der Waals surface area (Å²) in [5, 5.41) is 0.408. The minimum atomic E-state index is -3.80. The zero-order chi connectivity index (χ0) is 22.4. The third kappa shape index (κ3) is 5.31. The molecule has 3 aromatic carbocycles. The standard InChI is InChI=1S/C23H20ClNO5S/c1-2-25(20-9-4-3-5-10-20)31(28,29)21-13-11-17(12-14-21)23(27)30-16-22(26)18-7-6-8-19(24)15-18/h3-15H,2,16H2,1H3. The average molecular weight is 458 g/mol. The Bertz CT molecular complexity index is 1180. The van der Waals surface area contributed by atoms with E-state index in [0.29, 0.717) is 16.3 Å². The van der Waals surface area contributed by atoms with E-state index in [-0.39, 0.29) is 17.0 Å². The number of hydrogen-bond acceptors (Lipinski definition) is 5. The lowest BCUT2D eigenvalue weighted by atomic mass is 10.1. The number of ketones is 1. The van der Waals surface area contributed by atoms with Gasteiger partial charge in [0.1, 0.15) is 0 Å². The molecule has 3 rings (SSSR count). The molecular weight excluding hydrogens is 438 g/mol. The maximum atomic E-state index is 13.0. The van der Waals surface area contributed by atoms with Crippen molar-refractivity contribution in [2.24, 2.45) is 0 Å². The van der Waals surface area contributed by atoms with Crippen LogP contribution < -0.4 is 4.31 Å². The summed E-state index contributed by atoms with van der Waals surface area (Å²) in [6.45, 7) is 1.55. The maximum absolute atomic E-state index is 13.0. The number of para-hydroxylation sites is 1. The van der Waals surface area contributed by atoms with Gasteiger partial charge in [-0.2, -0.15) is 0 Å². The first kappa shape index (κ1) is 22.5. The average Bonchev–Trinajstić information content (AvgIpc) is 2.78. The number of benzene rings is 3. The van der Waals surface area contributed by atoms with Gasteiger partial charge in [-0.3, -0.25) is 9.10 Å². The third-order valence-electron chi connectivity index (χ3n) is 4.49. The second-order valence-corrected chi connectivity index (χ2v) is 8.84. The van der Waals surface area contributed by atoms with Gasteiger partial charge in [0.2, 0.25) is 0 Å². The number of carbonyl (C=O) groups is 2. The highest BCUT2D eigenvalue weighted by Crippen LogP contribution is 2.23. The minimum Gasteiger partial charge on any atom is -0.454 e. The molecule has 3 aromatic rings. The number of carbonyl (C=O) groups excluding carboxylic acids is 2. The lowest BCUT2D eigenvalue weighted by Gasteiger charge is -2.22. The fourth-order valence-electron chi connectivity index (χ4n) is 2.94. The number of hydrogen-bond donors (Lipinski definition) is 0. The number of ether oxygens (including phenoxy) is 1. The fourth-order valence-corrected chi connectivity index (χ4v) is 4.60. The molecule has 0 N–H and O–H groups in total. The molecule has 0 heterocycles. The Labute approximate surface area is 186 Å². The van der Waals surface area contributed by atoms with E-state index in [1.165, 1.54) is 34.6 Å². The predicted molar refractivity (Wildman–Crippen MR) is 119 cm³/mol. The van der Waals surface area contributed by atoms with Gasteiger partial charge in [0.25, 0.3) is 10.0 Å². The van der Waals surface area contributed by atoms with Crippen LogP contribution in [0.25, 0.3) is 0 Å². The zero-order valence-corrected chi connectivity index (χ0v) is 18.3. The smallest absolute Gasteiger partial charge is 0.338 e. The number of rotatable bonds is 8. The summed E-state index contributed by atoms with van der Waals surface area (Å²) in [7, 11) is -3.80. The lowest BCUT2D eigenvalue weighted by Crippen LogP contribution is -2.30. The molecule has 0 aliphatic carbocycles. The number of nitrogens with zero attached hydrogens (tertiary/aromatic N) is 1. The van der Waals surface area contributed by atoms with Crippen molar-refractivity contribution in [3.05, 3.63) is 95.0 Å². The van der Waals surface area contributed by atoms with Crippen molar-refractivity contribution < 1.29 is 22.7 Å². The Morgan fingerprint density at radius 2 is 1.58 bits per heavy atom. The molecule has 6 nitrogen and oxygen atoms in total. The molecule has 0 fully saturated rings. The Balaban J connectivity index is 1.70. The first-order valence-corrected chi connectivity index (χ1v) is 11.3. The topological polar surface area (TPSA) is 80.8 Å². The molecule has 0 amide bonds. The fraction of sp³-hybridized carbons (Fsp3) is 0.130. The molecule has 0 unspecified atom stereocenters. The van der Waals surface area contributed by atoms with E-state index in [1.54, 1.807) is 49.4 Å². The highest BCUT2D eigenvalue weighted by molar-refractivity contribution is 7.92. The van der Waals surface area contributed by atoms with Crippen LogP contribution in [0.4, 0.5) is 5.69 Å². The monoisotopic (exact) mass is 457 g/mol. The summed E-state index contributed by atoms with van der Waals surface area (Å²) in [4.78, 5) is 24.4. The van der Waals surface area contributed by atoms with Crippen molar-refractivity contribution >= 4 is 39.1 Å². The third-order valence-corrected chi connectivity index (χ3v) is 6.64. The number of esters is 1. The molecule has 160 valence electrons. The summed E-state index contributed by atoms with van der Waals surface area (Å²) >= 11 is 5.86. The molecule has 0 atom stereocenters. The van der Waals surface area contributed by atoms with Gasteiger partial charge in [0.15, 0.2) is 12.4 Å². The minimum absolute atomic E-state index is 0.0461. The molecule has 0 bridgehead atoms. The van der Waals surface area contributed by atoms with Crippen LogP contribution in [-0.4, -0.2) is 33.3 Å². The normalized spacial score (nSPS) is 11.0. The van der Waals surface area contributed by atoms with Crippen LogP contribution in [0.2, 0.25) is 5.02 Å². The van der Waals surface area contributed by atoms with E-state index in [9.17, 15) is 18.0 Å². The maximum Gasteiger partial charge on any atom is 0.338 e. The highest BCUT2D eigenvalue weighted by atomic mass is 35.5. The van der Waals surface area contributed by atoms with Gasteiger partial charge in [-0.05, 0) is 55.5 Å². The van der Waals surface area contributed by atoms with Crippen LogP contribution in [0, 0.1) is 0 Å². The van der Waals surface area contributed by atoms with E-state index in [1.807, 2.05) is 6.07 Å². The van der Waals surface area contributed by atoms with Gasteiger partial charge in [-0.15, -0.1) is 0 Å². The van der Waals surface area contributed by atoms with Crippen LogP contribution in [0.1, 0.15) is 27.6 Å². The van der Waals surface area contributed by atoms with Gasteiger partial charge < -0.3 is 4.74 Å². The second-order valence-electron chi connectivity index (χ2n) is 6.54. The summed E-state index contributed by atoms with van der Waals surface area (Å²) in [5.74, 6) is -1.12. The molecule has 0 aliphatic heterocycles. The van der Waals surface area contributed by atoms with E-state index in [2.05, 4.69) is 0 Å². The molecule has 0 aliphatic rings. The van der Waals surface area contributed by atoms with E-state index >= 15 is 0 Å². The van der Waals surface area contributed by atoms with Gasteiger partial charge in [-0.1, -0.05) is 41.9 Å². The number of anilines is 1. The Morgan fingerprint density at radius 3 is 2.19 bits per heavy atom. The van der Waals surface area contributed by atoms with Crippen molar-refractivity contribution in [3.8, 4) is 0 Å². The first-order chi connectivity index (χ1) is 14.8. The number of sulfonamides is 1. The summed E-state index contributed by atoms with van der Waals surface area (Å²) in [5.41, 5.74) is 1.02. The van der Waals surface area contributed by atoms with Gasteiger partial charge in [-0.25, -0.2) is 13.2 Å². The Kier molecular flexibility index (Phi) is 7.09. The van der Waals surface area contributed by atoms with Gasteiger partial charge >= 0.3 is 5.97 Å². The van der Waals surface area contributed by atoms with Gasteiger partial charge in [0.05, 0.1) is 16.1 Å². The van der Waals surface area contributed by atoms with Crippen LogP contribution in [0.15, 0.2) is 83.8 Å². The van der Waals surface area contributed by atoms with Gasteiger partial charge in [0, 0.05) is 17.1 Å². The SMILES string of the molecule is CCN(c1ccccc1)S(=O)(=O)c1ccc(C(=O)OCC(=O)c2cccc(Cl)c2)cc1. The Hall–Kier alpha value is -3.16. The molecular formula is C23H20ClNO5S. The van der Waals surface area contributed by atoms with E-state index < -0.39 is 28.4 Å². The van der Waals surface area contributed by atoms with Crippen molar-refractivity contribution in [2.75, 3.05) is 17.5 Å². The summed E-state index contributed by atoms with van der Waals surface area (Å²) in [6.07, 6.45) is 0. The summed E-state index contributed by atoms with van der Waals surface area (Å²) in [6, 6.07) is 20.5. The quantitative estimate of drug-likeness (QED) is 0.365. The number of Topliss-reactive ketones (excluding diaryl/α,β-unsaturated/α-hetero) is 1.